The van der Waals surface area contributed by atoms with Crippen LogP contribution in [0.3, 0.4) is 0 Å². The molecule has 0 saturated carbocycles. The van der Waals surface area contributed by atoms with Gasteiger partial charge < -0.3 is 14.6 Å². The predicted octanol–water partition coefficient (Wildman–Crippen LogP) is 3.57. The molecule has 22 heavy (non-hydrogen) atoms. The minimum atomic E-state index is -0.370. The molecule has 0 fully saturated rings. The molecule has 0 unspecified atom stereocenters. The number of nitrogens with one attached hydrogen (secondary N) is 1. The number of benzene rings is 1. The molecule has 0 spiro atoms. The van der Waals surface area contributed by atoms with Crippen LogP contribution in [0.15, 0.2) is 41.0 Å². The van der Waals surface area contributed by atoms with E-state index in [1.54, 1.807) is 30.3 Å². The second kappa shape index (κ2) is 7.33. The van der Waals surface area contributed by atoms with E-state index in [0.717, 1.165) is 0 Å². The van der Waals surface area contributed by atoms with E-state index in [1.165, 1.54) is 18.1 Å². The van der Waals surface area contributed by atoms with E-state index in [9.17, 15) is 9.59 Å². The Kier molecular flexibility index (Phi) is 5.46. The molecule has 0 aliphatic carbocycles. The SMILES string of the molecule is CC(=O)N(CC(=O)Nc1cccc(Cl)c1Cl)Cc1ccco1. The summed E-state index contributed by atoms with van der Waals surface area (Å²) < 4.78 is 5.18. The lowest BCUT2D eigenvalue weighted by molar-refractivity contribution is -0.133. The molecule has 116 valence electrons. The van der Waals surface area contributed by atoms with Crippen molar-refractivity contribution in [3.05, 3.63) is 52.4 Å². The second-order valence-corrected chi connectivity index (χ2v) is 5.39. The summed E-state index contributed by atoms with van der Waals surface area (Å²) in [7, 11) is 0. The quantitative estimate of drug-likeness (QED) is 0.904. The first-order chi connectivity index (χ1) is 10.5. The monoisotopic (exact) mass is 340 g/mol. The van der Waals surface area contributed by atoms with Crippen LogP contribution in [-0.2, 0) is 16.1 Å². The Hall–Kier alpha value is -1.98. The Balaban J connectivity index is 2.02. The summed E-state index contributed by atoms with van der Waals surface area (Å²) in [5.74, 6) is -0.00143. The van der Waals surface area contributed by atoms with Crippen molar-refractivity contribution in [2.75, 3.05) is 11.9 Å². The summed E-state index contributed by atoms with van der Waals surface area (Å²) in [6.07, 6.45) is 1.51. The van der Waals surface area contributed by atoms with Crippen LogP contribution >= 0.6 is 23.2 Å². The van der Waals surface area contributed by atoms with E-state index in [2.05, 4.69) is 5.32 Å². The second-order valence-electron chi connectivity index (χ2n) is 4.60. The topological polar surface area (TPSA) is 62.6 Å². The standard InChI is InChI=1S/C15H14Cl2N2O3/c1-10(20)19(8-11-4-3-7-22-11)9-14(21)18-13-6-2-5-12(16)15(13)17/h2-7H,8-9H2,1H3,(H,18,21). The van der Waals surface area contributed by atoms with Gasteiger partial charge in [-0.05, 0) is 24.3 Å². The lowest BCUT2D eigenvalue weighted by Gasteiger charge is -2.19. The van der Waals surface area contributed by atoms with Crippen molar-refractivity contribution in [1.82, 2.24) is 4.90 Å². The summed E-state index contributed by atoms with van der Waals surface area (Å²) >= 11 is 11.9. The molecule has 0 bridgehead atoms. The van der Waals surface area contributed by atoms with Gasteiger partial charge in [0.2, 0.25) is 11.8 Å². The van der Waals surface area contributed by atoms with E-state index in [-0.39, 0.29) is 29.9 Å². The van der Waals surface area contributed by atoms with Crippen LogP contribution in [0, 0.1) is 0 Å². The van der Waals surface area contributed by atoms with Gasteiger partial charge in [0.1, 0.15) is 12.3 Å². The summed E-state index contributed by atoms with van der Waals surface area (Å²) in [6, 6.07) is 8.39. The van der Waals surface area contributed by atoms with Crippen molar-refractivity contribution in [3.8, 4) is 0 Å². The van der Waals surface area contributed by atoms with Crippen LogP contribution in [-0.4, -0.2) is 23.3 Å². The third kappa shape index (κ3) is 4.26. The third-order valence-corrected chi connectivity index (χ3v) is 3.75. The summed E-state index contributed by atoms with van der Waals surface area (Å²) in [5, 5.41) is 3.24. The Morgan fingerprint density at radius 3 is 2.64 bits per heavy atom. The Bertz CT molecular complexity index is 671. The highest BCUT2D eigenvalue weighted by Gasteiger charge is 2.16. The average Bonchev–Trinajstić information content (AvgIpc) is 2.96. The fraction of sp³-hybridized carbons (Fsp3) is 0.200. The zero-order valence-electron chi connectivity index (χ0n) is 11.8. The minimum Gasteiger partial charge on any atom is -0.467 e. The van der Waals surface area contributed by atoms with E-state index >= 15 is 0 Å². The molecular weight excluding hydrogens is 327 g/mol. The van der Waals surface area contributed by atoms with Gasteiger partial charge in [0, 0.05) is 6.92 Å². The number of anilines is 1. The maximum atomic E-state index is 12.1. The number of rotatable bonds is 5. The molecule has 0 aliphatic heterocycles. The average molecular weight is 341 g/mol. The zero-order chi connectivity index (χ0) is 16.1. The first kappa shape index (κ1) is 16.4. The predicted molar refractivity (Wildman–Crippen MR) is 84.9 cm³/mol. The number of nitrogens with zero attached hydrogens (tertiary/aromatic N) is 1. The van der Waals surface area contributed by atoms with Crippen LogP contribution in [0.1, 0.15) is 12.7 Å². The molecule has 0 aliphatic rings. The van der Waals surface area contributed by atoms with Gasteiger partial charge in [0.25, 0.3) is 0 Å². The van der Waals surface area contributed by atoms with E-state index in [4.69, 9.17) is 27.6 Å². The van der Waals surface area contributed by atoms with Crippen molar-refractivity contribution >= 4 is 40.7 Å². The van der Waals surface area contributed by atoms with Crippen molar-refractivity contribution in [2.24, 2.45) is 0 Å². The van der Waals surface area contributed by atoms with Crippen LogP contribution in [0.4, 0.5) is 5.69 Å². The maximum absolute atomic E-state index is 12.1. The summed E-state index contributed by atoms with van der Waals surface area (Å²) in [5.41, 5.74) is 0.403. The van der Waals surface area contributed by atoms with Crippen molar-refractivity contribution in [3.63, 3.8) is 0 Å². The van der Waals surface area contributed by atoms with E-state index < -0.39 is 0 Å². The van der Waals surface area contributed by atoms with Crippen molar-refractivity contribution < 1.29 is 14.0 Å². The number of halogens is 2. The molecule has 2 aromatic rings. The highest BCUT2D eigenvalue weighted by Crippen LogP contribution is 2.29. The molecule has 5 nitrogen and oxygen atoms in total. The zero-order valence-corrected chi connectivity index (χ0v) is 13.3. The van der Waals surface area contributed by atoms with Crippen LogP contribution in [0.5, 0.6) is 0 Å². The van der Waals surface area contributed by atoms with Gasteiger partial charge in [-0.3, -0.25) is 9.59 Å². The summed E-state index contributed by atoms with van der Waals surface area (Å²) in [6.45, 7) is 1.50. The Morgan fingerprint density at radius 1 is 1.23 bits per heavy atom. The van der Waals surface area contributed by atoms with Gasteiger partial charge in [-0.2, -0.15) is 0 Å². The molecule has 1 aromatic heterocycles. The largest absolute Gasteiger partial charge is 0.467 e. The van der Waals surface area contributed by atoms with Gasteiger partial charge >= 0.3 is 0 Å². The first-order valence-electron chi connectivity index (χ1n) is 6.49. The maximum Gasteiger partial charge on any atom is 0.244 e. The molecule has 1 heterocycles. The highest BCUT2D eigenvalue weighted by atomic mass is 35.5. The molecule has 0 saturated heterocycles. The van der Waals surface area contributed by atoms with Crippen LogP contribution in [0.2, 0.25) is 10.0 Å². The molecule has 1 N–H and O–H groups in total. The number of furan rings is 1. The third-order valence-electron chi connectivity index (χ3n) is 2.93. The number of carbonyl (C=O) groups is 2. The van der Waals surface area contributed by atoms with Gasteiger partial charge in [-0.15, -0.1) is 0 Å². The van der Waals surface area contributed by atoms with Crippen molar-refractivity contribution in [2.45, 2.75) is 13.5 Å². The van der Waals surface area contributed by atoms with Gasteiger partial charge in [-0.25, -0.2) is 0 Å². The molecular formula is C15H14Cl2N2O3. The first-order valence-corrected chi connectivity index (χ1v) is 7.24. The molecule has 0 atom stereocenters. The normalized spacial score (nSPS) is 10.3. The number of hydrogen-bond donors (Lipinski definition) is 1. The van der Waals surface area contributed by atoms with E-state index in [1.807, 2.05) is 0 Å². The van der Waals surface area contributed by atoms with Crippen LogP contribution < -0.4 is 5.32 Å². The minimum absolute atomic E-state index is 0.112. The Labute approximate surface area is 137 Å². The Morgan fingerprint density at radius 2 is 2.00 bits per heavy atom. The van der Waals surface area contributed by atoms with Gasteiger partial charge in [0.15, 0.2) is 0 Å². The molecule has 2 rings (SSSR count). The number of hydrogen-bond acceptors (Lipinski definition) is 3. The van der Waals surface area contributed by atoms with E-state index in [0.29, 0.717) is 16.5 Å². The van der Waals surface area contributed by atoms with Crippen molar-refractivity contribution in [1.29, 1.82) is 0 Å². The fourth-order valence-electron chi connectivity index (χ4n) is 1.83. The van der Waals surface area contributed by atoms with Gasteiger partial charge in [-0.1, -0.05) is 29.3 Å². The molecule has 0 radical (unpaired) electrons. The molecule has 2 amide bonds. The molecule has 1 aromatic carbocycles. The number of carbonyl (C=O) groups excluding carboxylic acids is 2. The highest BCUT2D eigenvalue weighted by molar-refractivity contribution is 6.44. The summed E-state index contributed by atoms with van der Waals surface area (Å²) in [4.78, 5) is 25.1. The van der Waals surface area contributed by atoms with Crippen LogP contribution in [0.25, 0.3) is 0 Å². The van der Waals surface area contributed by atoms with Gasteiger partial charge in [0.05, 0.1) is 28.5 Å². The smallest absolute Gasteiger partial charge is 0.244 e. The fourth-order valence-corrected chi connectivity index (χ4v) is 2.18. The number of amides is 2. The lowest BCUT2D eigenvalue weighted by Crippen LogP contribution is -2.36. The molecule has 7 heteroatoms. The lowest BCUT2D eigenvalue weighted by atomic mass is 10.3.